The van der Waals surface area contributed by atoms with Gasteiger partial charge in [0.1, 0.15) is 11.5 Å². The molecule has 1 aromatic carbocycles. The van der Waals surface area contributed by atoms with Crippen LogP contribution >= 0.6 is 0 Å². The molecular formula is C26H31FN8. The molecule has 1 spiro atoms. The summed E-state index contributed by atoms with van der Waals surface area (Å²) < 4.78 is 16.2. The molecule has 2 aliphatic rings. The van der Waals surface area contributed by atoms with Gasteiger partial charge in [0.15, 0.2) is 5.82 Å². The molecule has 0 aliphatic carbocycles. The Morgan fingerprint density at radius 1 is 1.26 bits per heavy atom. The monoisotopic (exact) mass is 474 g/mol. The van der Waals surface area contributed by atoms with E-state index >= 15 is 0 Å². The summed E-state index contributed by atoms with van der Waals surface area (Å²) in [6.45, 7) is 9.63. The molecule has 2 aromatic heterocycles. The highest BCUT2D eigenvalue weighted by Crippen LogP contribution is 2.38. The van der Waals surface area contributed by atoms with Gasteiger partial charge in [0.05, 0.1) is 17.7 Å². The van der Waals surface area contributed by atoms with E-state index in [9.17, 15) is 4.39 Å². The summed E-state index contributed by atoms with van der Waals surface area (Å²) >= 11 is 0. The second-order valence-corrected chi connectivity index (χ2v) is 9.63. The maximum atomic E-state index is 14.4. The van der Waals surface area contributed by atoms with Crippen LogP contribution in [-0.4, -0.2) is 52.4 Å². The van der Waals surface area contributed by atoms with Gasteiger partial charge < -0.3 is 20.5 Å². The van der Waals surface area contributed by atoms with Crippen LogP contribution in [-0.2, 0) is 7.05 Å². The Morgan fingerprint density at radius 2 is 2.06 bits per heavy atom. The van der Waals surface area contributed by atoms with Crippen LogP contribution in [0.5, 0.6) is 0 Å². The SMILES string of the molecule is C=Nc1c(C=C(C)c2cnc(N3CCC4(CCNC4)CC3)nc2-c2ccc(N)c(F)c2)ncn1C. The number of piperidine rings is 1. The highest BCUT2D eigenvalue weighted by atomic mass is 19.1. The number of allylic oxidation sites excluding steroid dienone is 1. The van der Waals surface area contributed by atoms with Gasteiger partial charge in [0, 0.05) is 44.0 Å². The molecule has 3 aromatic rings. The Morgan fingerprint density at radius 3 is 2.74 bits per heavy atom. The summed E-state index contributed by atoms with van der Waals surface area (Å²) in [7, 11) is 1.87. The Kier molecular flexibility index (Phi) is 6.10. The molecule has 0 saturated carbocycles. The second kappa shape index (κ2) is 9.22. The van der Waals surface area contributed by atoms with E-state index in [0.717, 1.165) is 50.2 Å². The summed E-state index contributed by atoms with van der Waals surface area (Å²) in [4.78, 5) is 20.4. The standard InChI is InChI=1S/C26H31FN8/c1-17(12-22-24(29-2)34(3)16-32-22)19-14-31-25(33-23(19)18-4-5-21(28)20(27)13-18)35-10-7-26(8-11-35)6-9-30-15-26/h4-5,12-14,16,30H,2,6-11,15,28H2,1,3H3. The first-order valence-electron chi connectivity index (χ1n) is 11.9. The summed E-state index contributed by atoms with van der Waals surface area (Å²) in [5, 5.41) is 3.51. The van der Waals surface area contributed by atoms with Gasteiger partial charge in [-0.25, -0.2) is 24.3 Å². The van der Waals surface area contributed by atoms with E-state index in [1.165, 1.54) is 12.5 Å². The molecule has 4 heterocycles. The fourth-order valence-electron chi connectivity index (χ4n) is 5.13. The molecule has 5 rings (SSSR count). The third kappa shape index (κ3) is 4.43. The molecule has 2 saturated heterocycles. The van der Waals surface area contributed by atoms with Crippen LogP contribution in [0.25, 0.3) is 22.9 Å². The number of aromatic nitrogens is 4. The third-order valence-electron chi connectivity index (χ3n) is 7.35. The number of nitrogen functional groups attached to an aromatic ring is 1. The highest BCUT2D eigenvalue weighted by molar-refractivity contribution is 5.88. The molecule has 2 aliphatic heterocycles. The molecule has 3 N–H and O–H groups in total. The fourth-order valence-corrected chi connectivity index (χ4v) is 5.13. The maximum absolute atomic E-state index is 14.4. The van der Waals surface area contributed by atoms with E-state index in [-0.39, 0.29) is 5.69 Å². The number of aryl methyl sites for hydroxylation is 1. The van der Waals surface area contributed by atoms with Crippen molar-refractivity contribution in [1.29, 1.82) is 0 Å². The quantitative estimate of drug-likeness (QED) is 0.427. The zero-order chi connectivity index (χ0) is 24.6. The average molecular weight is 475 g/mol. The number of benzene rings is 1. The van der Waals surface area contributed by atoms with Crippen molar-refractivity contribution < 1.29 is 4.39 Å². The summed E-state index contributed by atoms with van der Waals surface area (Å²) in [5.41, 5.74) is 9.96. The van der Waals surface area contributed by atoms with Gasteiger partial charge in [0.2, 0.25) is 5.95 Å². The molecule has 0 radical (unpaired) electrons. The number of imidazole rings is 1. The number of hydrogen-bond acceptors (Lipinski definition) is 7. The predicted octanol–water partition coefficient (Wildman–Crippen LogP) is 4.07. The number of nitrogens with zero attached hydrogens (tertiary/aromatic N) is 6. The van der Waals surface area contributed by atoms with Crippen LogP contribution in [0, 0.1) is 11.2 Å². The molecule has 0 atom stereocenters. The van der Waals surface area contributed by atoms with E-state index in [1.807, 2.05) is 30.8 Å². The first-order valence-corrected chi connectivity index (χ1v) is 11.9. The number of halogens is 1. The van der Waals surface area contributed by atoms with Gasteiger partial charge in [-0.1, -0.05) is 6.07 Å². The average Bonchev–Trinajstić information content (AvgIpc) is 3.46. The molecule has 0 amide bonds. The van der Waals surface area contributed by atoms with E-state index < -0.39 is 5.82 Å². The Hall–Kier alpha value is -3.59. The summed E-state index contributed by atoms with van der Waals surface area (Å²) in [5.74, 6) is 0.873. The van der Waals surface area contributed by atoms with Crippen LogP contribution in [0.2, 0.25) is 0 Å². The van der Waals surface area contributed by atoms with Crippen LogP contribution in [0.3, 0.4) is 0 Å². The molecule has 0 bridgehead atoms. The van der Waals surface area contributed by atoms with Gasteiger partial charge in [-0.3, -0.25) is 0 Å². The minimum atomic E-state index is -0.466. The Bertz CT molecular complexity index is 1280. The number of aliphatic imine (C=N–C) groups is 1. The number of nitrogens with one attached hydrogen (secondary N) is 1. The lowest BCUT2D eigenvalue weighted by Crippen LogP contribution is -2.42. The van der Waals surface area contributed by atoms with Crippen molar-refractivity contribution in [2.75, 3.05) is 36.8 Å². The van der Waals surface area contributed by atoms with Crippen molar-refractivity contribution in [3.8, 4) is 11.3 Å². The highest BCUT2D eigenvalue weighted by Gasteiger charge is 2.37. The molecule has 182 valence electrons. The number of rotatable bonds is 5. The molecule has 35 heavy (non-hydrogen) atoms. The second-order valence-electron chi connectivity index (χ2n) is 9.63. The first kappa shape index (κ1) is 23.2. The number of nitrogens with two attached hydrogens (primary N) is 1. The fraction of sp³-hybridized carbons (Fsp3) is 0.385. The van der Waals surface area contributed by atoms with Gasteiger partial charge in [-0.15, -0.1) is 0 Å². The van der Waals surface area contributed by atoms with Gasteiger partial charge in [-0.2, -0.15) is 0 Å². The van der Waals surface area contributed by atoms with E-state index in [2.05, 4.69) is 26.9 Å². The van der Waals surface area contributed by atoms with Crippen molar-refractivity contribution in [2.45, 2.75) is 26.2 Å². The van der Waals surface area contributed by atoms with Crippen molar-refractivity contribution in [3.05, 3.63) is 47.8 Å². The molecular weight excluding hydrogens is 443 g/mol. The molecule has 9 heteroatoms. The third-order valence-corrected chi connectivity index (χ3v) is 7.35. The van der Waals surface area contributed by atoms with Crippen molar-refractivity contribution >= 4 is 35.8 Å². The smallest absolute Gasteiger partial charge is 0.225 e. The lowest BCUT2D eigenvalue weighted by Gasteiger charge is -2.39. The van der Waals surface area contributed by atoms with E-state index in [4.69, 9.17) is 15.7 Å². The zero-order valence-electron chi connectivity index (χ0n) is 20.3. The molecule has 0 unspecified atom stereocenters. The van der Waals surface area contributed by atoms with E-state index in [1.54, 1.807) is 18.5 Å². The van der Waals surface area contributed by atoms with E-state index in [0.29, 0.717) is 34.1 Å². The first-order chi connectivity index (χ1) is 16.9. The van der Waals surface area contributed by atoms with Gasteiger partial charge in [-0.05, 0) is 68.6 Å². The van der Waals surface area contributed by atoms with Crippen molar-refractivity contribution in [2.24, 2.45) is 17.5 Å². The van der Waals surface area contributed by atoms with Crippen molar-refractivity contribution in [3.63, 3.8) is 0 Å². The lowest BCUT2D eigenvalue weighted by molar-refractivity contribution is 0.246. The van der Waals surface area contributed by atoms with Gasteiger partial charge >= 0.3 is 0 Å². The minimum Gasteiger partial charge on any atom is -0.396 e. The maximum Gasteiger partial charge on any atom is 0.225 e. The van der Waals surface area contributed by atoms with Gasteiger partial charge in [0.25, 0.3) is 0 Å². The normalized spacial score (nSPS) is 17.8. The Labute approximate surface area is 204 Å². The predicted molar refractivity (Wildman–Crippen MR) is 139 cm³/mol. The van der Waals surface area contributed by atoms with Crippen LogP contribution < -0.4 is 16.0 Å². The number of hydrogen-bond donors (Lipinski definition) is 2. The minimum absolute atomic E-state index is 0.110. The summed E-state index contributed by atoms with van der Waals surface area (Å²) in [6, 6.07) is 4.81. The van der Waals surface area contributed by atoms with Crippen LogP contribution in [0.4, 0.5) is 21.8 Å². The summed E-state index contributed by atoms with van der Waals surface area (Å²) in [6.07, 6.45) is 8.91. The van der Waals surface area contributed by atoms with Crippen LogP contribution in [0.1, 0.15) is 37.4 Å². The van der Waals surface area contributed by atoms with Crippen molar-refractivity contribution in [1.82, 2.24) is 24.8 Å². The molecule has 2 fully saturated rings. The largest absolute Gasteiger partial charge is 0.396 e. The molecule has 8 nitrogen and oxygen atoms in total. The topological polar surface area (TPSA) is 97.2 Å². The zero-order valence-corrected chi connectivity index (χ0v) is 20.3. The van der Waals surface area contributed by atoms with Crippen LogP contribution in [0.15, 0.2) is 35.7 Å². The Balaban J connectivity index is 1.53. The lowest BCUT2D eigenvalue weighted by atomic mass is 9.78. The number of anilines is 2.